The van der Waals surface area contributed by atoms with Crippen molar-refractivity contribution in [3.8, 4) is 17.2 Å². The molecular formula is C26H29NO5S2. The second-order valence-corrected chi connectivity index (χ2v) is 9.22. The second-order valence-electron chi connectivity index (χ2n) is 7.55. The van der Waals surface area contributed by atoms with Crippen molar-refractivity contribution in [2.75, 3.05) is 40.1 Å². The van der Waals surface area contributed by atoms with Gasteiger partial charge in [0.05, 0.1) is 25.2 Å². The minimum Gasteiger partial charge on any atom is -0.493 e. The third kappa shape index (κ3) is 6.85. The molecular weight excluding hydrogens is 470 g/mol. The Morgan fingerprint density at radius 3 is 2.47 bits per heavy atom. The fourth-order valence-corrected chi connectivity index (χ4v) is 4.44. The van der Waals surface area contributed by atoms with E-state index in [1.54, 1.807) is 19.3 Å². The number of carbonyl (C=O) groups is 1. The number of carbonyl (C=O) groups excluding carboxylic acids is 1. The quantitative estimate of drug-likeness (QED) is 0.173. The molecule has 34 heavy (non-hydrogen) atoms. The molecule has 0 radical (unpaired) electrons. The molecule has 0 N–H and O–H groups in total. The van der Waals surface area contributed by atoms with Gasteiger partial charge in [-0.05, 0) is 60.9 Å². The number of thiocarbonyl (C=S) groups is 1. The summed E-state index contributed by atoms with van der Waals surface area (Å²) in [7, 11) is 1.58. The molecule has 0 unspecified atom stereocenters. The van der Waals surface area contributed by atoms with E-state index in [0.717, 1.165) is 11.3 Å². The van der Waals surface area contributed by atoms with Gasteiger partial charge in [-0.15, -0.1) is 6.58 Å². The Kier molecular flexibility index (Phi) is 9.56. The highest BCUT2D eigenvalue weighted by Crippen LogP contribution is 2.34. The Labute approximate surface area is 210 Å². The van der Waals surface area contributed by atoms with Crippen molar-refractivity contribution in [3.05, 3.63) is 70.6 Å². The van der Waals surface area contributed by atoms with Gasteiger partial charge >= 0.3 is 0 Å². The van der Waals surface area contributed by atoms with Crippen molar-refractivity contribution in [2.24, 2.45) is 0 Å². The van der Waals surface area contributed by atoms with E-state index in [1.165, 1.54) is 27.8 Å². The van der Waals surface area contributed by atoms with Crippen LogP contribution in [0, 0.1) is 13.8 Å². The first-order valence-corrected chi connectivity index (χ1v) is 12.1. The molecule has 180 valence electrons. The summed E-state index contributed by atoms with van der Waals surface area (Å²) in [6.07, 6.45) is 3.46. The summed E-state index contributed by atoms with van der Waals surface area (Å²) in [6, 6.07) is 11.6. The maximum atomic E-state index is 12.5. The highest BCUT2D eigenvalue weighted by atomic mass is 32.2. The van der Waals surface area contributed by atoms with Gasteiger partial charge in [0.1, 0.15) is 23.3 Å². The fourth-order valence-electron chi connectivity index (χ4n) is 3.17. The Bertz CT molecular complexity index is 1080. The monoisotopic (exact) mass is 499 g/mol. The van der Waals surface area contributed by atoms with E-state index < -0.39 is 0 Å². The second kappa shape index (κ2) is 12.6. The van der Waals surface area contributed by atoms with Gasteiger partial charge in [-0.1, -0.05) is 42.2 Å². The van der Waals surface area contributed by atoms with E-state index in [-0.39, 0.29) is 5.91 Å². The van der Waals surface area contributed by atoms with Crippen LogP contribution in [0.1, 0.15) is 16.7 Å². The van der Waals surface area contributed by atoms with Crippen molar-refractivity contribution in [1.82, 2.24) is 4.90 Å². The van der Waals surface area contributed by atoms with Gasteiger partial charge in [-0.25, -0.2) is 0 Å². The molecule has 0 saturated carbocycles. The van der Waals surface area contributed by atoms with Crippen LogP contribution < -0.4 is 14.2 Å². The highest BCUT2D eigenvalue weighted by Gasteiger charge is 2.31. The summed E-state index contributed by atoms with van der Waals surface area (Å²) in [4.78, 5) is 14.6. The van der Waals surface area contributed by atoms with Crippen LogP contribution in [0.4, 0.5) is 0 Å². The van der Waals surface area contributed by atoms with Crippen LogP contribution in [0.25, 0.3) is 6.08 Å². The van der Waals surface area contributed by atoms with Gasteiger partial charge in [-0.2, -0.15) is 0 Å². The van der Waals surface area contributed by atoms with E-state index in [0.29, 0.717) is 53.7 Å². The van der Waals surface area contributed by atoms with Crippen LogP contribution >= 0.6 is 24.0 Å². The molecule has 3 rings (SSSR count). The molecule has 0 bridgehead atoms. The molecule has 2 aromatic rings. The zero-order valence-corrected chi connectivity index (χ0v) is 21.3. The number of rotatable bonds is 12. The molecule has 0 atom stereocenters. The highest BCUT2D eigenvalue weighted by molar-refractivity contribution is 8.26. The van der Waals surface area contributed by atoms with Crippen molar-refractivity contribution in [3.63, 3.8) is 0 Å². The van der Waals surface area contributed by atoms with Gasteiger partial charge in [0, 0.05) is 6.54 Å². The first-order valence-electron chi connectivity index (χ1n) is 10.9. The Morgan fingerprint density at radius 1 is 1.00 bits per heavy atom. The summed E-state index contributed by atoms with van der Waals surface area (Å²) in [5, 5.41) is 0. The zero-order chi connectivity index (χ0) is 24.5. The minimum absolute atomic E-state index is 0.118. The van der Waals surface area contributed by atoms with Crippen molar-refractivity contribution in [2.45, 2.75) is 13.8 Å². The lowest BCUT2D eigenvalue weighted by atomic mass is 10.1. The predicted molar refractivity (Wildman–Crippen MR) is 141 cm³/mol. The molecule has 1 aliphatic rings. The zero-order valence-electron chi connectivity index (χ0n) is 19.7. The molecule has 1 aliphatic heterocycles. The molecule has 1 heterocycles. The number of nitrogens with zero attached hydrogens (tertiary/aromatic N) is 1. The van der Waals surface area contributed by atoms with Crippen molar-refractivity contribution < 1.29 is 23.7 Å². The lowest BCUT2D eigenvalue weighted by molar-refractivity contribution is -0.121. The Hall–Kier alpha value is -2.81. The first kappa shape index (κ1) is 25.8. The number of thioether (sulfide) groups is 1. The smallest absolute Gasteiger partial charge is 0.266 e. The normalized spacial score (nSPS) is 14.6. The third-order valence-electron chi connectivity index (χ3n) is 5.13. The van der Waals surface area contributed by atoms with E-state index in [9.17, 15) is 4.79 Å². The van der Waals surface area contributed by atoms with Crippen molar-refractivity contribution >= 4 is 40.3 Å². The van der Waals surface area contributed by atoms with Gasteiger partial charge in [0.25, 0.3) is 5.91 Å². The van der Waals surface area contributed by atoms with E-state index in [1.807, 2.05) is 36.4 Å². The van der Waals surface area contributed by atoms with E-state index in [4.69, 9.17) is 31.2 Å². The molecule has 1 fully saturated rings. The van der Waals surface area contributed by atoms with Crippen LogP contribution in [0.5, 0.6) is 17.2 Å². The SMILES string of the molecule is C=CCN1C(=O)C(=Cc2ccc(OCCOCCOc3ccc(C)c(C)c3)c(OC)c2)SC1=S. The number of hydrogen-bond donors (Lipinski definition) is 0. The maximum Gasteiger partial charge on any atom is 0.266 e. The van der Waals surface area contributed by atoms with Crippen LogP contribution in [-0.2, 0) is 9.53 Å². The van der Waals surface area contributed by atoms with Crippen LogP contribution in [0.15, 0.2) is 54.0 Å². The lowest BCUT2D eigenvalue weighted by Crippen LogP contribution is -2.27. The molecule has 0 spiro atoms. The largest absolute Gasteiger partial charge is 0.493 e. The number of methoxy groups -OCH3 is 1. The van der Waals surface area contributed by atoms with Gasteiger partial charge in [0.2, 0.25) is 0 Å². The van der Waals surface area contributed by atoms with E-state index >= 15 is 0 Å². The third-order valence-corrected chi connectivity index (χ3v) is 6.51. The van der Waals surface area contributed by atoms with Crippen LogP contribution in [-0.4, -0.2) is 55.2 Å². The van der Waals surface area contributed by atoms with Crippen molar-refractivity contribution in [1.29, 1.82) is 0 Å². The van der Waals surface area contributed by atoms with Crippen LogP contribution in [0.3, 0.4) is 0 Å². The molecule has 6 nitrogen and oxygen atoms in total. The fraction of sp³-hybridized carbons (Fsp3) is 0.308. The predicted octanol–water partition coefficient (Wildman–Crippen LogP) is 5.17. The summed E-state index contributed by atoms with van der Waals surface area (Å²) in [5.41, 5.74) is 3.27. The number of aryl methyl sites for hydroxylation is 2. The van der Waals surface area contributed by atoms with Gasteiger partial charge in [0.15, 0.2) is 11.5 Å². The topological polar surface area (TPSA) is 57.2 Å². The Balaban J connectivity index is 1.45. The number of ether oxygens (including phenoxy) is 4. The minimum atomic E-state index is -0.118. The molecule has 2 aromatic carbocycles. The van der Waals surface area contributed by atoms with Crippen LogP contribution in [0.2, 0.25) is 0 Å². The first-order chi connectivity index (χ1) is 16.4. The summed E-state index contributed by atoms with van der Waals surface area (Å²) >= 11 is 6.56. The average molecular weight is 500 g/mol. The summed E-state index contributed by atoms with van der Waals surface area (Å²) < 4.78 is 23.1. The number of amides is 1. The molecule has 0 aromatic heterocycles. The Morgan fingerprint density at radius 2 is 1.76 bits per heavy atom. The van der Waals surface area contributed by atoms with Gasteiger partial charge in [-0.3, -0.25) is 9.69 Å². The summed E-state index contributed by atoms with van der Waals surface area (Å²) in [6.45, 7) is 9.95. The van der Waals surface area contributed by atoms with Gasteiger partial charge < -0.3 is 18.9 Å². The lowest BCUT2D eigenvalue weighted by Gasteiger charge is -2.12. The maximum absolute atomic E-state index is 12.5. The molecule has 1 amide bonds. The molecule has 1 saturated heterocycles. The average Bonchev–Trinajstić information content (AvgIpc) is 3.08. The van der Waals surface area contributed by atoms with E-state index in [2.05, 4.69) is 20.4 Å². The standard InChI is InChI=1S/C26H29NO5S2/c1-5-10-27-25(28)24(34-26(27)33)17-20-7-9-22(23(16-20)29-4)32-14-12-30-11-13-31-21-8-6-18(2)19(3)15-21/h5-9,15-17H,1,10-14H2,2-4H3. The summed E-state index contributed by atoms with van der Waals surface area (Å²) in [5.74, 6) is 1.91. The number of hydrogen-bond acceptors (Lipinski definition) is 7. The molecule has 8 heteroatoms. The number of benzene rings is 2. The molecule has 0 aliphatic carbocycles.